The molecule has 0 aromatic carbocycles. The summed E-state index contributed by atoms with van der Waals surface area (Å²) in [5, 5.41) is 11.9. The van der Waals surface area contributed by atoms with Crippen molar-refractivity contribution in [2.75, 3.05) is 0 Å². The molecule has 1 aromatic heterocycles. The summed E-state index contributed by atoms with van der Waals surface area (Å²) in [5.41, 5.74) is 1.90. The number of furan rings is 1. The number of hydrogen-bond donors (Lipinski definition) is 0. The molecule has 0 spiro atoms. The molecular formula is C16H22NO2-. The Bertz CT molecular complexity index is 457. The van der Waals surface area contributed by atoms with Crippen LogP contribution in [0.2, 0.25) is 0 Å². The van der Waals surface area contributed by atoms with E-state index in [1.54, 1.807) is 6.26 Å². The maximum absolute atomic E-state index is 11.9. The zero-order valence-electron chi connectivity index (χ0n) is 11.8. The van der Waals surface area contributed by atoms with E-state index in [1.165, 1.54) is 12.8 Å². The standard InChI is InChI=1S/C16H23NO2/c1-3-4-6-13-8-9-14(17-16(18)11-13)12(2)15-7-5-10-19-15/h5,7,10,13H,3-4,6,8-9,11H2,1-2H3,(H,17,18)/p-1/b14-12-. The molecule has 0 N–H and O–H groups in total. The van der Waals surface area contributed by atoms with Crippen LogP contribution in [-0.2, 0) is 0 Å². The fourth-order valence-electron chi connectivity index (χ4n) is 2.59. The molecule has 2 heterocycles. The molecule has 0 saturated carbocycles. The van der Waals surface area contributed by atoms with Gasteiger partial charge >= 0.3 is 0 Å². The summed E-state index contributed by atoms with van der Waals surface area (Å²) < 4.78 is 5.39. The highest BCUT2D eigenvalue weighted by atomic mass is 16.3. The number of hydrogen-bond acceptors (Lipinski definition) is 3. The lowest BCUT2D eigenvalue weighted by Gasteiger charge is -2.16. The largest absolute Gasteiger partial charge is 0.862 e. The van der Waals surface area contributed by atoms with E-state index in [0.717, 1.165) is 36.3 Å². The third-order valence-electron chi connectivity index (χ3n) is 3.80. The number of nitrogens with zero attached hydrogens (tertiary/aromatic N) is 1. The van der Waals surface area contributed by atoms with Crippen molar-refractivity contribution in [2.45, 2.75) is 52.4 Å². The van der Waals surface area contributed by atoms with Crippen LogP contribution >= 0.6 is 0 Å². The van der Waals surface area contributed by atoms with Gasteiger partial charge in [0.25, 0.3) is 0 Å². The van der Waals surface area contributed by atoms with E-state index in [4.69, 9.17) is 4.42 Å². The van der Waals surface area contributed by atoms with E-state index < -0.39 is 0 Å². The Labute approximate surface area is 115 Å². The first-order valence-corrected chi connectivity index (χ1v) is 7.19. The molecule has 0 amide bonds. The monoisotopic (exact) mass is 260 g/mol. The summed E-state index contributed by atoms with van der Waals surface area (Å²) in [5.74, 6) is 1.34. The van der Waals surface area contributed by atoms with Crippen molar-refractivity contribution in [3.63, 3.8) is 0 Å². The molecule has 0 saturated heterocycles. The van der Waals surface area contributed by atoms with Crippen LogP contribution < -0.4 is 5.11 Å². The van der Waals surface area contributed by atoms with Gasteiger partial charge in [-0.05, 0) is 50.1 Å². The molecule has 0 bridgehead atoms. The highest BCUT2D eigenvalue weighted by Gasteiger charge is 2.15. The fraction of sp³-hybridized carbons (Fsp3) is 0.562. The first kappa shape index (κ1) is 13.9. The van der Waals surface area contributed by atoms with Crippen LogP contribution in [0.4, 0.5) is 0 Å². The van der Waals surface area contributed by atoms with Crippen molar-refractivity contribution in [1.82, 2.24) is 0 Å². The molecule has 1 aromatic rings. The van der Waals surface area contributed by atoms with Crippen LogP contribution in [0.25, 0.3) is 5.57 Å². The Morgan fingerprint density at radius 1 is 1.53 bits per heavy atom. The van der Waals surface area contributed by atoms with Crippen LogP contribution in [0.1, 0.15) is 58.1 Å². The zero-order chi connectivity index (χ0) is 13.7. The molecule has 3 nitrogen and oxygen atoms in total. The predicted octanol–water partition coefficient (Wildman–Crippen LogP) is 3.76. The highest BCUT2D eigenvalue weighted by Crippen LogP contribution is 2.30. The van der Waals surface area contributed by atoms with Gasteiger partial charge in [0, 0.05) is 11.3 Å². The maximum Gasteiger partial charge on any atom is 0.131 e. The molecule has 19 heavy (non-hydrogen) atoms. The summed E-state index contributed by atoms with van der Waals surface area (Å²) in [6, 6.07) is 3.78. The van der Waals surface area contributed by atoms with Gasteiger partial charge in [0.15, 0.2) is 0 Å². The van der Waals surface area contributed by atoms with E-state index in [2.05, 4.69) is 11.9 Å². The summed E-state index contributed by atoms with van der Waals surface area (Å²) in [4.78, 5) is 4.27. The van der Waals surface area contributed by atoms with Crippen LogP contribution in [-0.4, -0.2) is 5.90 Å². The zero-order valence-corrected chi connectivity index (χ0v) is 11.8. The van der Waals surface area contributed by atoms with Gasteiger partial charge in [-0.2, -0.15) is 0 Å². The van der Waals surface area contributed by atoms with Gasteiger partial charge in [-0.1, -0.05) is 26.2 Å². The second-order valence-corrected chi connectivity index (χ2v) is 5.31. The predicted molar refractivity (Wildman–Crippen MR) is 75.6 cm³/mol. The molecule has 1 aliphatic rings. The molecule has 0 aliphatic carbocycles. The van der Waals surface area contributed by atoms with Crippen molar-refractivity contribution in [1.29, 1.82) is 0 Å². The minimum atomic E-state index is 0.0273. The first-order chi connectivity index (χ1) is 9.20. The number of unbranched alkanes of at least 4 members (excludes halogenated alkanes) is 1. The summed E-state index contributed by atoms with van der Waals surface area (Å²) in [7, 11) is 0. The molecule has 0 fully saturated rings. The first-order valence-electron chi connectivity index (χ1n) is 7.19. The minimum absolute atomic E-state index is 0.0273. The van der Waals surface area contributed by atoms with Crippen molar-refractivity contribution in [3.05, 3.63) is 29.9 Å². The average Bonchev–Trinajstić information content (AvgIpc) is 2.86. The number of aliphatic imine (C=N–C) groups is 1. The number of allylic oxidation sites excluding steroid dienone is 2. The molecule has 3 heteroatoms. The summed E-state index contributed by atoms with van der Waals surface area (Å²) in [6.07, 6.45) is 7.74. The van der Waals surface area contributed by atoms with Gasteiger partial charge in [0.1, 0.15) is 5.76 Å². The normalized spacial score (nSPS) is 22.8. The quantitative estimate of drug-likeness (QED) is 0.827. The summed E-state index contributed by atoms with van der Waals surface area (Å²) >= 11 is 0. The fourth-order valence-corrected chi connectivity index (χ4v) is 2.59. The van der Waals surface area contributed by atoms with Crippen molar-refractivity contribution in [2.24, 2.45) is 10.9 Å². The van der Waals surface area contributed by atoms with E-state index in [-0.39, 0.29) is 5.90 Å². The third-order valence-corrected chi connectivity index (χ3v) is 3.80. The Morgan fingerprint density at radius 3 is 3.05 bits per heavy atom. The van der Waals surface area contributed by atoms with E-state index >= 15 is 0 Å². The van der Waals surface area contributed by atoms with Gasteiger partial charge in [-0.15, -0.1) is 0 Å². The van der Waals surface area contributed by atoms with E-state index in [9.17, 15) is 5.11 Å². The molecule has 1 unspecified atom stereocenters. The highest BCUT2D eigenvalue weighted by molar-refractivity contribution is 5.76. The van der Waals surface area contributed by atoms with Gasteiger partial charge in [0.05, 0.1) is 6.26 Å². The van der Waals surface area contributed by atoms with Gasteiger partial charge in [-0.3, -0.25) is 4.99 Å². The minimum Gasteiger partial charge on any atom is -0.862 e. The lowest BCUT2D eigenvalue weighted by Crippen LogP contribution is -2.20. The van der Waals surface area contributed by atoms with Gasteiger partial charge < -0.3 is 9.52 Å². The molecule has 1 aliphatic heterocycles. The lowest BCUT2D eigenvalue weighted by atomic mass is 9.93. The molecule has 2 rings (SSSR count). The maximum atomic E-state index is 11.9. The SMILES string of the molecule is CCCCC1CC/C(=C(\C)c2ccco2)N=C([O-])C1. The average molecular weight is 260 g/mol. The Morgan fingerprint density at radius 2 is 2.37 bits per heavy atom. The lowest BCUT2D eigenvalue weighted by molar-refractivity contribution is -0.219. The molecule has 1 atom stereocenters. The topological polar surface area (TPSA) is 48.6 Å². The van der Waals surface area contributed by atoms with Crippen LogP contribution in [0.3, 0.4) is 0 Å². The van der Waals surface area contributed by atoms with Gasteiger partial charge in [-0.25, -0.2) is 0 Å². The Kier molecular flexibility index (Phi) is 4.83. The van der Waals surface area contributed by atoms with Crippen LogP contribution in [0.15, 0.2) is 33.5 Å². The Balaban J connectivity index is 2.13. The van der Waals surface area contributed by atoms with Crippen LogP contribution in [0.5, 0.6) is 0 Å². The van der Waals surface area contributed by atoms with E-state index in [0.29, 0.717) is 12.3 Å². The second kappa shape index (κ2) is 6.60. The van der Waals surface area contributed by atoms with Crippen molar-refractivity contribution < 1.29 is 9.52 Å². The van der Waals surface area contributed by atoms with Crippen molar-refractivity contribution >= 4 is 11.5 Å². The van der Waals surface area contributed by atoms with Gasteiger partial charge in [0.2, 0.25) is 0 Å². The Hall–Kier alpha value is -1.51. The van der Waals surface area contributed by atoms with E-state index in [1.807, 2.05) is 19.1 Å². The summed E-state index contributed by atoms with van der Waals surface area (Å²) in [6.45, 7) is 4.17. The molecule has 0 radical (unpaired) electrons. The number of rotatable bonds is 4. The molecular weight excluding hydrogens is 238 g/mol. The van der Waals surface area contributed by atoms with Crippen molar-refractivity contribution in [3.8, 4) is 0 Å². The second-order valence-electron chi connectivity index (χ2n) is 5.31. The smallest absolute Gasteiger partial charge is 0.131 e. The molecule has 104 valence electrons. The van der Waals surface area contributed by atoms with Crippen LogP contribution in [0, 0.1) is 5.92 Å². The third kappa shape index (κ3) is 3.72.